The molecule has 188 valence electrons. The van der Waals surface area contributed by atoms with Crippen LogP contribution in [0, 0.1) is 6.92 Å². The van der Waals surface area contributed by atoms with Crippen molar-refractivity contribution in [3.8, 4) is 11.5 Å². The Bertz CT molecular complexity index is 944. The number of nitrogens with two attached hydrogens (primary N) is 2. The van der Waals surface area contributed by atoms with Crippen LogP contribution >= 0.6 is 11.6 Å². The van der Waals surface area contributed by atoms with E-state index in [0.717, 1.165) is 23.3 Å². The number of aliphatic hydroxyl groups is 2. The van der Waals surface area contributed by atoms with Crippen LogP contribution in [0.25, 0.3) is 0 Å². The van der Waals surface area contributed by atoms with Gasteiger partial charge in [-0.3, -0.25) is 0 Å². The largest absolute Gasteiger partial charge is 0.493 e. The summed E-state index contributed by atoms with van der Waals surface area (Å²) in [5, 5.41) is 20.8. The average Bonchev–Trinajstić information content (AvgIpc) is 2.79. The molecule has 2 rings (SSSR count). The number of allylic oxidation sites excluding steroid dienone is 1. The van der Waals surface area contributed by atoms with Crippen LogP contribution in [0.4, 0.5) is 0 Å². The molecule has 0 saturated heterocycles. The van der Waals surface area contributed by atoms with Crippen molar-refractivity contribution in [3.05, 3.63) is 70.5 Å². The third-order valence-corrected chi connectivity index (χ3v) is 6.08. The van der Waals surface area contributed by atoms with E-state index in [0.29, 0.717) is 29.6 Å². The van der Waals surface area contributed by atoms with Gasteiger partial charge >= 0.3 is 0 Å². The van der Waals surface area contributed by atoms with Crippen molar-refractivity contribution < 1.29 is 19.7 Å². The van der Waals surface area contributed by atoms with Gasteiger partial charge in [-0.15, -0.1) is 11.6 Å². The highest BCUT2D eigenvalue weighted by Crippen LogP contribution is 2.34. The van der Waals surface area contributed by atoms with Gasteiger partial charge < -0.3 is 30.4 Å². The summed E-state index contributed by atoms with van der Waals surface area (Å²) in [6.45, 7) is 8.50. The summed E-state index contributed by atoms with van der Waals surface area (Å²) in [5.41, 5.74) is 9.66. The Morgan fingerprint density at radius 1 is 1.12 bits per heavy atom. The highest BCUT2D eigenvalue weighted by atomic mass is 35.5. The van der Waals surface area contributed by atoms with Gasteiger partial charge in [0.1, 0.15) is 24.2 Å². The van der Waals surface area contributed by atoms with Crippen LogP contribution < -0.4 is 21.1 Å². The lowest BCUT2D eigenvalue weighted by Gasteiger charge is -2.27. The fourth-order valence-corrected chi connectivity index (χ4v) is 3.70. The number of halogens is 1. The summed E-state index contributed by atoms with van der Waals surface area (Å²) in [5.74, 6) is 8.00. The highest BCUT2D eigenvalue weighted by molar-refractivity contribution is 6.17. The topological polar surface area (TPSA) is 114 Å². The first-order valence-corrected chi connectivity index (χ1v) is 11.9. The van der Waals surface area contributed by atoms with Crippen molar-refractivity contribution >= 4 is 11.6 Å². The molecule has 0 heterocycles. The normalized spacial score (nSPS) is 13.3. The molecule has 0 aliphatic carbocycles. The summed E-state index contributed by atoms with van der Waals surface area (Å²) in [4.78, 5) is 0. The molecule has 2 aromatic rings. The number of hydrogen-bond donors (Lipinski definition) is 4. The fraction of sp³-hybridized carbons (Fsp3) is 0.462. The number of rotatable bonds is 13. The molecule has 8 heteroatoms. The monoisotopic (exact) mass is 491 g/mol. The molecular weight excluding hydrogens is 454 g/mol. The molecule has 0 aliphatic rings. The number of hydrazine groups is 1. The molecular formula is C26H38ClN3O4. The van der Waals surface area contributed by atoms with Crippen LogP contribution in [0.3, 0.4) is 0 Å². The summed E-state index contributed by atoms with van der Waals surface area (Å²) < 4.78 is 11.5. The van der Waals surface area contributed by atoms with E-state index in [4.69, 9.17) is 32.7 Å². The predicted molar refractivity (Wildman–Crippen MR) is 137 cm³/mol. The van der Waals surface area contributed by atoms with E-state index in [-0.39, 0.29) is 25.2 Å². The van der Waals surface area contributed by atoms with Gasteiger partial charge in [-0.2, -0.15) is 0 Å². The highest BCUT2D eigenvalue weighted by Gasteiger charge is 2.24. The third kappa shape index (κ3) is 7.53. The maximum Gasteiger partial charge on any atom is 0.122 e. The van der Waals surface area contributed by atoms with Gasteiger partial charge in [0.25, 0.3) is 0 Å². The van der Waals surface area contributed by atoms with Gasteiger partial charge in [0.05, 0.1) is 25.5 Å². The molecule has 1 atom stereocenters. The molecule has 1 unspecified atom stereocenters. The minimum absolute atomic E-state index is 0.0587. The van der Waals surface area contributed by atoms with Gasteiger partial charge in [0.15, 0.2) is 0 Å². The third-order valence-electron chi connectivity index (χ3n) is 5.81. The fourth-order valence-electron chi connectivity index (χ4n) is 3.60. The number of aryl methyl sites for hydroxylation is 1. The summed E-state index contributed by atoms with van der Waals surface area (Å²) in [7, 11) is 0. The zero-order chi connectivity index (χ0) is 25.3. The molecule has 6 N–H and O–H groups in total. The standard InChI is InChI=1S/C26H38ClN3O4/c1-18-14-21(8-11-25(18)33-13-5-12-27)26(3,4)20-6-9-23(10-7-20)34-17-22(32)15-30(29)24(16-31)19(2)28/h6-11,14,22,31-32H,5,12-13,15-17,28-29H2,1-4H3/b24-19-. The lowest BCUT2D eigenvalue weighted by atomic mass is 9.77. The maximum absolute atomic E-state index is 10.2. The lowest BCUT2D eigenvalue weighted by molar-refractivity contribution is 0.0741. The Hall–Kier alpha value is -2.45. The number of aliphatic hydroxyl groups excluding tert-OH is 2. The minimum Gasteiger partial charge on any atom is -0.493 e. The number of benzene rings is 2. The van der Waals surface area contributed by atoms with Crippen LogP contribution in [0.1, 0.15) is 43.9 Å². The van der Waals surface area contributed by atoms with Crippen LogP contribution in [0.5, 0.6) is 11.5 Å². The van der Waals surface area contributed by atoms with E-state index < -0.39 is 6.10 Å². The molecule has 0 spiro atoms. The van der Waals surface area contributed by atoms with Crippen molar-refractivity contribution in [2.45, 2.75) is 45.6 Å². The Morgan fingerprint density at radius 3 is 2.32 bits per heavy atom. The number of nitrogens with zero attached hydrogens (tertiary/aromatic N) is 1. The van der Waals surface area contributed by atoms with Crippen LogP contribution in [-0.4, -0.2) is 53.6 Å². The maximum atomic E-state index is 10.2. The van der Waals surface area contributed by atoms with Crippen molar-refractivity contribution in [2.75, 3.05) is 32.2 Å². The smallest absolute Gasteiger partial charge is 0.122 e. The number of hydrogen-bond acceptors (Lipinski definition) is 7. The second-order valence-electron chi connectivity index (χ2n) is 8.93. The molecule has 7 nitrogen and oxygen atoms in total. The Kier molecular flexibility index (Phi) is 10.5. The Balaban J connectivity index is 2.00. The van der Waals surface area contributed by atoms with E-state index in [1.165, 1.54) is 10.6 Å². The Morgan fingerprint density at radius 2 is 1.76 bits per heavy atom. The first-order valence-electron chi connectivity index (χ1n) is 11.4. The average molecular weight is 492 g/mol. The number of alkyl halides is 1. The molecule has 2 aromatic carbocycles. The molecule has 0 saturated carbocycles. The first kappa shape index (κ1) is 27.8. The van der Waals surface area contributed by atoms with Crippen molar-refractivity contribution in [3.63, 3.8) is 0 Å². The molecule has 0 fully saturated rings. The van der Waals surface area contributed by atoms with E-state index in [1.807, 2.05) is 30.3 Å². The van der Waals surface area contributed by atoms with Gasteiger partial charge in [0.2, 0.25) is 0 Å². The summed E-state index contributed by atoms with van der Waals surface area (Å²) in [6, 6.07) is 14.1. The van der Waals surface area contributed by atoms with Gasteiger partial charge in [-0.25, -0.2) is 5.84 Å². The SMILES string of the molecule is C/C(N)=C(\CO)N(N)CC(O)COc1ccc(C(C)(C)c2ccc(OCCCCl)c(C)c2)cc1. The van der Waals surface area contributed by atoms with E-state index in [1.54, 1.807) is 6.92 Å². The molecule has 0 bridgehead atoms. The van der Waals surface area contributed by atoms with Crippen LogP contribution in [0.15, 0.2) is 53.9 Å². The van der Waals surface area contributed by atoms with E-state index >= 15 is 0 Å². The van der Waals surface area contributed by atoms with Gasteiger partial charge in [-0.1, -0.05) is 38.1 Å². The molecule has 0 aromatic heterocycles. The zero-order valence-electron chi connectivity index (χ0n) is 20.6. The molecule has 0 aliphatic heterocycles. The molecule has 0 amide bonds. The quantitative estimate of drug-likeness (QED) is 0.147. The Labute approximate surface area is 207 Å². The number of ether oxygens (including phenoxy) is 2. The molecule has 34 heavy (non-hydrogen) atoms. The predicted octanol–water partition coefficient (Wildman–Crippen LogP) is 3.43. The summed E-state index contributed by atoms with van der Waals surface area (Å²) >= 11 is 5.73. The second kappa shape index (κ2) is 12.9. The van der Waals surface area contributed by atoms with Gasteiger partial charge in [0, 0.05) is 17.0 Å². The first-order chi connectivity index (χ1) is 16.1. The second-order valence-corrected chi connectivity index (χ2v) is 9.30. The van der Waals surface area contributed by atoms with E-state index in [9.17, 15) is 10.2 Å². The van der Waals surface area contributed by atoms with Crippen molar-refractivity contribution in [1.82, 2.24) is 5.01 Å². The van der Waals surface area contributed by atoms with Crippen LogP contribution in [0.2, 0.25) is 0 Å². The summed E-state index contributed by atoms with van der Waals surface area (Å²) in [6.07, 6.45) is -0.0340. The zero-order valence-corrected chi connectivity index (χ0v) is 21.3. The minimum atomic E-state index is -0.852. The molecule has 0 radical (unpaired) electrons. The lowest BCUT2D eigenvalue weighted by Crippen LogP contribution is -2.41. The van der Waals surface area contributed by atoms with Crippen LogP contribution in [-0.2, 0) is 5.41 Å². The van der Waals surface area contributed by atoms with Gasteiger partial charge in [-0.05, 0) is 55.2 Å². The van der Waals surface area contributed by atoms with E-state index in [2.05, 4.69) is 32.9 Å². The van der Waals surface area contributed by atoms with Crippen molar-refractivity contribution in [2.24, 2.45) is 11.6 Å². The van der Waals surface area contributed by atoms with Crippen molar-refractivity contribution in [1.29, 1.82) is 0 Å².